The first-order valence-electron chi connectivity index (χ1n) is 11.3. The number of ether oxygens (including phenoxy) is 3. The van der Waals surface area contributed by atoms with E-state index in [9.17, 15) is 14.4 Å². The zero-order valence-corrected chi connectivity index (χ0v) is 20.2. The fraction of sp³-hybridized carbons (Fsp3) is 0.391. The predicted octanol–water partition coefficient (Wildman–Crippen LogP) is 0.848. The SMILES string of the molecule is COc1c(OCC(=O)N2CCOCC2)ccc2c(=O)n(C(C)C)c(NC(=O)c3cnc(N)nc3)nc12. The lowest BCUT2D eigenvalue weighted by Gasteiger charge is -2.26. The van der Waals surface area contributed by atoms with Crippen molar-refractivity contribution in [2.45, 2.75) is 19.9 Å². The average molecular weight is 498 g/mol. The zero-order valence-electron chi connectivity index (χ0n) is 20.2. The van der Waals surface area contributed by atoms with E-state index in [4.69, 9.17) is 19.9 Å². The van der Waals surface area contributed by atoms with Crippen molar-refractivity contribution in [1.82, 2.24) is 24.4 Å². The van der Waals surface area contributed by atoms with Gasteiger partial charge in [0, 0.05) is 31.5 Å². The fourth-order valence-electron chi connectivity index (χ4n) is 3.77. The first-order valence-corrected chi connectivity index (χ1v) is 11.3. The second-order valence-corrected chi connectivity index (χ2v) is 8.26. The van der Waals surface area contributed by atoms with Gasteiger partial charge in [0.25, 0.3) is 17.4 Å². The van der Waals surface area contributed by atoms with E-state index in [0.29, 0.717) is 26.3 Å². The van der Waals surface area contributed by atoms with Crippen LogP contribution >= 0.6 is 0 Å². The van der Waals surface area contributed by atoms with Gasteiger partial charge in [0.2, 0.25) is 11.9 Å². The monoisotopic (exact) mass is 497 g/mol. The van der Waals surface area contributed by atoms with Crippen molar-refractivity contribution in [2.75, 3.05) is 51.1 Å². The molecule has 1 aliphatic heterocycles. The summed E-state index contributed by atoms with van der Waals surface area (Å²) in [6.45, 7) is 5.32. The number of carbonyl (C=O) groups is 2. The summed E-state index contributed by atoms with van der Waals surface area (Å²) in [5.41, 5.74) is 5.43. The Bertz CT molecular complexity index is 1330. The molecule has 0 aliphatic carbocycles. The largest absolute Gasteiger partial charge is 0.491 e. The number of methoxy groups -OCH3 is 1. The summed E-state index contributed by atoms with van der Waals surface area (Å²) in [5.74, 6) is -0.324. The van der Waals surface area contributed by atoms with Gasteiger partial charge in [-0.3, -0.25) is 24.3 Å². The van der Waals surface area contributed by atoms with Gasteiger partial charge in [0.15, 0.2) is 18.1 Å². The van der Waals surface area contributed by atoms with E-state index in [1.807, 2.05) is 0 Å². The van der Waals surface area contributed by atoms with E-state index in [-0.39, 0.29) is 64.0 Å². The second-order valence-electron chi connectivity index (χ2n) is 8.26. The number of aromatic nitrogens is 4. The highest BCUT2D eigenvalue weighted by molar-refractivity contribution is 6.03. The highest BCUT2D eigenvalue weighted by Gasteiger charge is 2.22. The molecule has 0 unspecified atom stereocenters. The first-order chi connectivity index (χ1) is 17.3. The van der Waals surface area contributed by atoms with Gasteiger partial charge in [-0.25, -0.2) is 15.0 Å². The Kier molecular flexibility index (Phi) is 7.29. The molecule has 1 aromatic carbocycles. The van der Waals surface area contributed by atoms with Crippen LogP contribution in [0, 0.1) is 0 Å². The number of rotatable bonds is 7. The number of hydrogen-bond donors (Lipinski definition) is 2. The Labute approximate surface area is 206 Å². The number of anilines is 2. The Balaban J connectivity index is 1.69. The Morgan fingerprint density at radius 3 is 2.53 bits per heavy atom. The minimum atomic E-state index is -0.571. The van der Waals surface area contributed by atoms with Gasteiger partial charge in [-0.15, -0.1) is 0 Å². The van der Waals surface area contributed by atoms with Crippen LogP contribution in [-0.4, -0.2) is 76.3 Å². The quantitative estimate of drug-likeness (QED) is 0.478. The van der Waals surface area contributed by atoms with Crippen molar-refractivity contribution in [3.63, 3.8) is 0 Å². The molecule has 3 heterocycles. The van der Waals surface area contributed by atoms with Gasteiger partial charge in [-0.1, -0.05) is 0 Å². The molecule has 1 saturated heterocycles. The van der Waals surface area contributed by atoms with Crippen LogP contribution in [0.2, 0.25) is 0 Å². The van der Waals surface area contributed by atoms with Crippen LogP contribution in [0.1, 0.15) is 30.2 Å². The van der Waals surface area contributed by atoms with Crippen molar-refractivity contribution in [1.29, 1.82) is 0 Å². The molecule has 13 nitrogen and oxygen atoms in total. The van der Waals surface area contributed by atoms with E-state index in [1.165, 1.54) is 24.1 Å². The van der Waals surface area contributed by atoms with Crippen LogP contribution < -0.4 is 26.1 Å². The van der Waals surface area contributed by atoms with Crippen molar-refractivity contribution in [3.05, 3.63) is 40.4 Å². The molecule has 1 aliphatic rings. The predicted molar refractivity (Wildman–Crippen MR) is 130 cm³/mol. The molecular formula is C23H27N7O6. The molecule has 2 amide bonds. The van der Waals surface area contributed by atoms with Gasteiger partial charge >= 0.3 is 0 Å². The molecule has 4 rings (SSSR count). The summed E-state index contributed by atoms with van der Waals surface area (Å²) < 4.78 is 17.9. The van der Waals surface area contributed by atoms with E-state index in [0.717, 1.165) is 0 Å². The summed E-state index contributed by atoms with van der Waals surface area (Å²) in [6, 6.07) is 2.80. The van der Waals surface area contributed by atoms with Crippen molar-refractivity contribution in [2.24, 2.45) is 0 Å². The van der Waals surface area contributed by atoms with Crippen molar-refractivity contribution >= 4 is 34.6 Å². The first kappa shape index (κ1) is 24.9. The van der Waals surface area contributed by atoms with Gasteiger partial charge in [0.1, 0.15) is 5.52 Å². The van der Waals surface area contributed by atoms with Crippen LogP contribution in [0.5, 0.6) is 11.5 Å². The normalized spacial score (nSPS) is 13.6. The van der Waals surface area contributed by atoms with Crippen LogP contribution in [0.3, 0.4) is 0 Å². The minimum absolute atomic E-state index is 0.00386. The highest BCUT2D eigenvalue weighted by Crippen LogP contribution is 2.34. The summed E-state index contributed by atoms with van der Waals surface area (Å²) in [5, 5.41) is 2.91. The van der Waals surface area contributed by atoms with Gasteiger partial charge in [-0.2, -0.15) is 0 Å². The zero-order chi connectivity index (χ0) is 25.8. The third-order valence-electron chi connectivity index (χ3n) is 5.59. The number of nitrogens with zero attached hydrogens (tertiary/aromatic N) is 5. The number of amides is 2. The third-order valence-corrected chi connectivity index (χ3v) is 5.59. The Morgan fingerprint density at radius 1 is 1.19 bits per heavy atom. The number of nitrogen functional groups attached to an aromatic ring is 1. The van der Waals surface area contributed by atoms with E-state index in [2.05, 4.69) is 20.3 Å². The van der Waals surface area contributed by atoms with Crippen molar-refractivity contribution < 1.29 is 23.8 Å². The summed E-state index contributed by atoms with van der Waals surface area (Å²) >= 11 is 0. The number of morpholine rings is 1. The van der Waals surface area contributed by atoms with Gasteiger partial charge in [-0.05, 0) is 26.0 Å². The number of benzene rings is 1. The Morgan fingerprint density at radius 2 is 1.89 bits per heavy atom. The molecule has 0 atom stereocenters. The molecule has 0 bridgehead atoms. The molecule has 190 valence electrons. The molecule has 1 fully saturated rings. The standard InChI is InChI=1S/C23H27N7O6/c1-13(2)30-21(33)15-4-5-16(36-12-17(31)29-6-8-35-9-7-29)19(34-3)18(15)27-23(30)28-20(32)14-10-25-22(24)26-11-14/h4-5,10-11,13H,6-9,12H2,1-3H3,(H2,24,25,26)(H,27,28,32). The minimum Gasteiger partial charge on any atom is -0.491 e. The van der Waals surface area contributed by atoms with Gasteiger partial charge in [0.05, 0.1) is 31.3 Å². The molecule has 0 spiro atoms. The topological polar surface area (TPSA) is 164 Å². The van der Waals surface area contributed by atoms with Gasteiger partial charge < -0.3 is 24.8 Å². The lowest BCUT2D eigenvalue weighted by atomic mass is 10.2. The average Bonchev–Trinajstić information content (AvgIpc) is 2.87. The summed E-state index contributed by atoms with van der Waals surface area (Å²) in [6.07, 6.45) is 2.54. The smallest absolute Gasteiger partial charge is 0.263 e. The number of hydrogen-bond acceptors (Lipinski definition) is 10. The fourth-order valence-corrected chi connectivity index (χ4v) is 3.77. The van der Waals surface area contributed by atoms with Crippen LogP contribution in [-0.2, 0) is 9.53 Å². The maximum atomic E-state index is 13.4. The molecular weight excluding hydrogens is 470 g/mol. The second kappa shape index (κ2) is 10.6. The molecule has 3 N–H and O–H groups in total. The Hall–Kier alpha value is -4.26. The van der Waals surface area contributed by atoms with Crippen LogP contribution in [0.4, 0.5) is 11.9 Å². The van der Waals surface area contributed by atoms with Crippen molar-refractivity contribution in [3.8, 4) is 11.5 Å². The maximum Gasteiger partial charge on any atom is 0.263 e. The highest BCUT2D eigenvalue weighted by atomic mass is 16.5. The summed E-state index contributed by atoms with van der Waals surface area (Å²) in [4.78, 5) is 52.5. The molecule has 0 saturated carbocycles. The molecule has 0 radical (unpaired) electrons. The number of nitrogens with two attached hydrogens (primary N) is 1. The lowest BCUT2D eigenvalue weighted by molar-refractivity contribution is -0.137. The summed E-state index contributed by atoms with van der Waals surface area (Å²) in [7, 11) is 1.41. The van der Waals surface area contributed by atoms with Crippen LogP contribution in [0.25, 0.3) is 10.9 Å². The molecule has 3 aromatic rings. The molecule has 2 aromatic heterocycles. The van der Waals surface area contributed by atoms with Crippen LogP contribution in [0.15, 0.2) is 29.3 Å². The maximum absolute atomic E-state index is 13.4. The molecule has 13 heteroatoms. The lowest BCUT2D eigenvalue weighted by Crippen LogP contribution is -2.43. The number of nitrogens with one attached hydrogen (secondary N) is 1. The van der Waals surface area contributed by atoms with E-state index < -0.39 is 5.91 Å². The third kappa shape index (κ3) is 5.05. The van der Waals surface area contributed by atoms with E-state index >= 15 is 0 Å². The molecule has 36 heavy (non-hydrogen) atoms. The number of carbonyl (C=O) groups excluding carboxylic acids is 2. The number of fused-ring (bicyclic) bond motifs is 1. The van der Waals surface area contributed by atoms with E-state index in [1.54, 1.807) is 30.9 Å².